The molecule has 1 heterocycles. The Morgan fingerprint density at radius 1 is 0.968 bits per heavy atom. The molecule has 0 saturated carbocycles. The maximum Gasteiger partial charge on any atom is 0.282 e. The summed E-state index contributed by atoms with van der Waals surface area (Å²) in [5.74, 6) is -1.55. The van der Waals surface area contributed by atoms with Crippen LogP contribution in [0.4, 0.5) is 15.8 Å². The third kappa shape index (κ3) is 3.79. The lowest BCUT2D eigenvalue weighted by atomic mass is 10.0. The van der Waals surface area contributed by atoms with Crippen LogP contribution >= 0.6 is 11.6 Å². The molecular formula is C24H15ClFN3O2. The molecule has 31 heavy (non-hydrogen) atoms. The lowest BCUT2D eigenvalue weighted by Gasteiger charge is -2.16. The number of hydrogen-bond acceptors (Lipinski definition) is 4. The van der Waals surface area contributed by atoms with Gasteiger partial charge in [0, 0.05) is 10.7 Å². The molecule has 1 aliphatic heterocycles. The Morgan fingerprint density at radius 3 is 2.26 bits per heavy atom. The number of imide groups is 1. The Balaban J connectivity index is 1.82. The van der Waals surface area contributed by atoms with E-state index in [-0.39, 0.29) is 11.3 Å². The first-order valence-electron chi connectivity index (χ1n) is 9.31. The van der Waals surface area contributed by atoms with Crippen LogP contribution in [0.25, 0.3) is 5.57 Å². The zero-order valence-electron chi connectivity index (χ0n) is 16.3. The van der Waals surface area contributed by atoms with Gasteiger partial charge in [0.25, 0.3) is 11.8 Å². The van der Waals surface area contributed by atoms with Crippen molar-refractivity contribution in [2.75, 3.05) is 10.2 Å². The fraction of sp³-hybridized carbons (Fsp3) is 0.0417. The van der Waals surface area contributed by atoms with Gasteiger partial charge in [-0.05, 0) is 72.6 Å². The Kier molecular flexibility index (Phi) is 5.28. The molecule has 1 aliphatic rings. The molecule has 0 spiro atoms. The van der Waals surface area contributed by atoms with E-state index in [4.69, 9.17) is 16.9 Å². The van der Waals surface area contributed by atoms with Crippen LogP contribution < -0.4 is 10.2 Å². The summed E-state index contributed by atoms with van der Waals surface area (Å²) in [6.07, 6.45) is 0. The van der Waals surface area contributed by atoms with Crippen molar-refractivity contribution in [2.45, 2.75) is 6.92 Å². The van der Waals surface area contributed by atoms with Gasteiger partial charge in [-0.1, -0.05) is 23.7 Å². The van der Waals surface area contributed by atoms with Gasteiger partial charge in [-0.15, -0.1) is 0 Å². The number of carbonyl (C=O) groups is 2. The monoisotopic (exact) mass is 431 g/mol. The van der Waals surface area contributed by atoms with Crippen molar-refractivity contribution < 1.29 is 14.0 Å². The van der Waals surface area contributed by atoms with Crippen molar-refractivity contribution in [3.8, 4) is 6.07 Å². The largest absolute Gasteiger partial charge is 0.350 e. The summed E-state index contributed by atoms with van der Waals surface area (Å²) in [4.78, 5) is 27.7. The average Bonchev–Trinajstić information content (AvgIpc) is 3.00. The van der Waals surface area contributed by atoms with Crippen molar-refractivity contribution in [3.05, 3.63) is 100.0 Å². The van der Waals surface area contributed by atoms with Gasteiger partial charge in [0.1, 0.15) is 11.5 Å². The highest BCUT2D eigenvalue weighted by molar-refractivity contribution is 6.46. The van der Waals surface area contributed by atoms with Crippen molar-refractivity contribution in [1.29, 1.82) is 5.26 Å². The smallest absolute Gasteiger partial charge is 0.282 e. The second-order valence-electron chi connectivity index (χ2n) is 6.95. The number of nitrogens with zero attached hydrogens (tertiary/aromatic N) is 2. The number of anilines is 2. The van der Waals surface area contributed by atoms with Gasteiger partial charge in [-0.3, -0.25) is 9.59 Å². The van der Waals surface area contributed by atoms with Crippen LogP contribution in [-0.2, 0) is 9.59 Å². The van der Waals surface area contributed by atoms with E-state index in [9.17, 15) is 14.0 Å². The molecule has 1 N–H and O–H groups in total. The maximum absolute atomic E-state index is 13.5. The summed E-state index contributed by atoms with van der Waals surface area (Å²) in [6.45, 7) is 1.83. The van der Waals surface area contributed by atoms with Crippen molar-refractivity contribution in [3.63, 3.8) is 0 Å². The number of amides is 2. The average molecular weight is 432 g/mol. The molecule has 7 heteroatoms. The molecule has 2 amide bonds. The fourth-order valence-electron chi connectivity index (χ4n) is 3.35. The van der Waals surface area contributed by atoms with Crippen LogP contribution in [0.3, 0.4) is 0 Å². The Hall–Kier alpha value is -3.95. The van der Waals surface area contributed by atoms with E-state index < -0.39 is 17.6 Å². The first-order chi connectivity index (χ1) is 14.9. The molecule has 5 nitrogen and oxygen atoms in total. The number of hydrogen-bond donors (Lipinski definition) is 1. The van der Waals surface area contributed by atoms with E-state index >= 15 is 0 Å². The molecular weight excluding hydrogens is 417 g/mol. The third-order valence-corrected chi connectivity index (χ3v) is 5.15. The summed E-state index contributed by atoms with van der Waals surface area (Å²) in [5, 5.41) is 12.6. The first kappa shape index (κ1) is 20.3. The minimum atomic E-state index is -0.552. The lowest BCUT2D eigenvalue weighted by Crippen LogP contribution is -2.32. The fourth-order valence-corrected chi connectivity index (χ4v) is 3.58. The molecule has 0 radical (unpaired) electrons. The van der Waals surface area contributed by atoms with Gasteiger partial charge in [0.05, 0.1) is 22.9 Å². The minimum absolute atomic E-state index is 0.0754. The second kappa shape index (κ2) is 8.05. The van der Waals surface area contributed by atoms with Crippen molar-refractivity contribution in [1.82, 2.24) is 0 Å². The van der Waals surface area contributed by atoms with Crippen LogP contribution in [0.1, 0.15) is 16.7 Å². The first-order valence-corrected chi connectivity index (χ1v) is 9.69. The Labute approximate surface area is 183 Å². The molecule has 0 fully saturated rings. The van der Waals surface area contributed by atoms with Crippen molar-refractivity contribution in [2.24, 2.45) is 0 Å². The molecule has 0 atom stereocenters. The number of carbonyl (C=O) groups excluding carboxylic acids is 2. The molecule has 0 aromatic heterocycles. The summed E-state index contributed by atoms with van der Waals surface area (Å²) in [6, 6.07) is 18.6. The highest BCUT2D eigenvalue weighted by Gasteiger charge is 2.40. The van der Waals surface area contributed by atoms with E-state index in [1.54, 1.807) is 18.2 Å². The summed E-state index contributed by atoms with van der Waals surface area (Å²) in [7, 11) is 0. The Bertz CT molecular complexity index is 1280. The topological polar surface area (TPSA) is 73.2 Å². The summed E-state index contributed by atoms with van der Waals surface area (Å²) >= 11 is 6.03. The second-order valence-corrected chi connectivity index (χ2v) is 7.38. The van der Waals surface area contributed by atoms with Gasteiger partial charge in [-0.2, -0.15) is 5.26 Å². The van der Waals surface area contributed by atoms with E-state index in [2.05, 4.69) is 5.32 Å². The number of rotatable bonds is 4. The number of aryl methyl sites for hydroxylation is 1. The van der Waals surface area contributed by atoms with E-state index in [1.807, 2.05) is 13.0 Å². The molecule has 0 bridgehead atoms. The SMILES string of the molecule is Cc1cc(Cl)ccc1NC1=C(c2ccc(F)cc2)C(=O)N(c2ccc(C#N)cc2)C1=O. The summed E-state index contributed by atoms with van der Waals surface area (Å²) < 4.78 is 13.5. The highest BCUT2D eigenvalue weighted by atomic mass is 35.5. The van der Waals surface area contributed by atoms with Gasteiger partial charge in [0.2, 0.25) is 0 Å². The van der Waals surface area contributed by atoms with Crippen LogP contribution in [0.15, 0.2) is 72.4 Å². The van der Waals surface area contributed by atoms with Crippen LogP contribution in [0.2, 0.25) is 5.02 Å². The van der Waals surface area contributed by atoms with Gasteiger partial charge in [-0.25, -0.2) is 9.29 Å². The van der Waals surface area contributed by atoms with Crippen LogP contribution in [-0.4, -0.2) is 11.8 Å². The zero-order chi connectivity index (χ0) is 22.1. The number of nitriles is 1. The van der Waals surface area contributed by atoms with E-state index in [0.29, 0.717) is 27.5 Å². The molecule has 0 saturated heterocycles. The Morgan fingerprint density at radius 2 is 1.65 bits per heavy atom. The minimum Gasteiger partial charge on any atom is -0.350 e. The van der Waals surface area contributed by atoms with Gasteiger partial charge >= 0.3 is 0 Å². The van der Waals surface area contributed by atoms with Crippen LogP contribution in [0, 0.1) is 24.1 Å². The molecule has 152 valence electrons. The maximum atomic E-state index is 13.5. The molecule has 3 aromatic rings. The highest BCUT2D eigenvalue weighted by Crippen LogP contribution is 2.34. The van der Waals surface area contributed by atoms with Gasteiger partial charge in [0.15, 0.2) is 0 Å². The van der Waals surface area contributed by atoms with Gasteiger partial charge < -0.3 is 5.32 Å². The quantitative estimate of drug-likeness (QED) is 0.586. The summed E-state index contributed by atoms with van der Waals surface area (Å²) in [5.41, 5.74) is 2.75. The predicted octanol–water partition coefficient (Wildman–Crippen LogP) is 5.06. The van der Waals surface area contributed by atoms with Crippen molar-refractivity contribution >= 4 is 40.4 Å². The number of halogens is 2. The third-order valence-electron chi connectivity index (χ3n) is 4.92. The predicted molar refractivity (Wildman–Crippen MR) is 117 cm³/mol. The molecule has 0 unspecified atom stereocenters. The number of nitrogens with one attached hydrogen (secondary N) is 1. The standard InChI is InChI=1S/C24H15ClFN3O2/c1-14-12-17(25)6-11-20(14)28-22-21(16-4-7-18(26)8-5-16)23(30)29(24(22)31)19-9-2-15(13-27)3-10-19/h2-12,28H,1H3. The lowest BCUT2D eigenvalue weighted by molar-refractivity contribution is -0.120. The molecule has 3 aromatic carbocycles. The number of benzene rings is 3. The molecule has 4 rings (SSSR count). The molecule has 0 aliphatic carbocycles. The normalized spacial score (nSPS) is 13.5. The van der Waals surface area contributed by atoms with E-state index in [1.165, 1.54) is 48.5 Å². The van der Waals surface area contributed by atoms with Crippen LogP contribution in [0.5, 0.6) is 0 Å². The zero-order valence-corrected chi connectivity index (χ0v) is 17.1. The van der Waals surface area contributed by atoms with E-state index in [0.717, 1.165) is 10.5 Å².